The Kier molecular flexibility index (Phi) is 10.8. The number of ether oxygens (including phenoxy) is 2. The second-order valence-electron chi connectivity index (χ2n) is 10.4. The van der Waals surface area contributed by atoms with E-state index in [1.165, 1.54) is 25.2 Å². The van der Waals surface area contributed by atoms with Crippen molar-refractivity contribution in [3.8, 4) is 11.5 Å². The van der Waals surface area contributed by atoms with Crippen LogP contribution < -0.4 is 25.0 Å². The van der Waals surface area contributed by atoms with Crippen LogP contribution >= 0.6 is 23.2 Å². The van der Waals surface area contributed by atoms with Crippen molar-refractivity contribution in [2.24, 2.45) is 4.99 Å². The summed E-state index contributed by atoms with van der Waals surface area (Å²) in [5.74, 6) is 0.891. The van der Waals surface area contributed by atoms with Crippen LogP contribution in [0.3, 0.4) is 0 Å². The first-order chi connectivity index (χ1) is 20.7. The van der Waals surface area contributed by atoms with Crippen molar-refractivity contribution in [1.29, 1.82) is 0 Å². The molecular formula is C32H37Cl2N5O4. The van der Waals surface area contributed by atoms with E-state index >= 15 is 0 Å². The number of nitrogens with zero attached hydrogens (tertiary/aromatic N) is 3. The number of rotatable bonds is 11. The number of methoxy groups -OCH3 is 2. The second-order valence-corrected chi connectivity index (χ2v) is 11.1. The van der Waals surface area contributed by atoms with Crippen LogP contribution in [0.2, 0.25) is 10.0 Å². The van der Waals surface area contributed by atoms with Crippen LogP contribution in [0.4, 0.5) is 10.5 Å². The number of urea groups is 1. The largest absolute Gasteiger partial charge is 0.495 e. The van der Waals surface area contributed by atoms with Crippen LogP contribution in [0.25, 0.3) is 0 Å². The maximum Gasteiger partial charge on any atom is 0.329 e. The fourth-order valence-electron chi connectivity index (χ4n) is 5.31. The number of aliphatic imine (C=N–C) groups is 1. The standard InChI is InChI=1S/C32H37Cl2N5O4/c1-6-28(40)37-25-15-11-10-14-24(25)36-21(3)35-17-23-19-39(31-29(33)26(42-4)16-27(43-5)30(31)34)32(41)38(20(23)2)18-22-12-8-7-9-13-22/h6-9,12-13,16-17,24-25,36H,1,3,10-11,14-15,18-19H2,2,4-5H3,(H,37,40)/b35-17-/t24-,25+/m1/s1. The van der Waals surface area contributed by atoms with Crippen LogP contribution in [0.5, 0.6) is 11.5 Å². The van der Waals surface area contributed by atoms with Gasteiger partial charge >= 0.3 is 6.03 Å². The van der Waals surface area contributed by atoms with E-state index < -0.39 is 0 Å². The van der Waals surface area contributed by atoms with Gasteiger partial charge in [-0.05, 0) is 31.4 Å². The number of hydrogen-bond acceptors (Lipinski definition) is 6. The van der Waals surface area contributed by atoms with Gasteiger partial charge < -0.3 is 20.1 Å². The molecule has 0 saturated heterocycles. The van der Waals surface area contributed by atoms with E-state index in [2.05, 4.69) is 28.8 Å². The van der Waals surface area contributed by atoms with Gasteiger partial charge in [0.15, 0.2) is 0 Å². The normalized spacial score (nSPS) is 19.0. The Morgan fingerprint density at radius 3 is 2.26 bits per heavy atom. The molecule has 2 aliphatic rings. The molecule has 1 aliphatic heterocycles. The molecule has 1 aliphatic carbocycles. The Hall–Kier alpha value is -3.95. The van der Waals surface area contributed by atoms with Gasteiger partial charge in [-0.1, -0.05) is 79.5 Å². The number of anilines is 1. The van der Waals surface area contributed by atoms with Crippen LogP contribution in [0.1, 0.15) is 38.2 Å². The molecule has 2 N–H and O–H groups in total. The topological polar surface area (TPSA) is 95.5 Å². The van der Waals surface area contributed by atoms with Gasteiger partial charge in [0.05, 0.1) is 33.0 Å². The van der Waals surface area contributed by atoms with E-state index in [-0.39, 0.29) is 46.3 Å². The maximum absolute atomic E-state index is 14.0. The van der Waals surface area contributed by atoms with E-state index in [1.54, 1.807) is 17.2 Å². The average Bonchev–Trinajstić information content (AvgIpc) is 3.01. The third kappa shape index (κ3) is 7.35. The van der Waals surface area contributed by atoms with E-state index in [1.807, 2.05) is 37.3 Å². The molecule has 4 rings (SSSR count). The highest BCUT2D eigenvalue weighted by Gasteiger charge is 2.35. The van der Waals surface area contributed by atoms with Gasteiger partial charge in [0, 0.05) is 35.6 Å². The quantitative estimate of drug-likeness (QED) is 0.220. The van der Waals surface area contributed by atoms with Crippen molar-refractivity contribution in [2.75, 3.05) is 25.7 Å². The zero-order valence-electron chi connectivity index (χ0n) is 24.7. The summed E-state index contributed by atoms with van der Waals surface area (Å²) in [7, 11) is 2.97. The number of amides is 3. The maximum atomic E-state index is 14.0. The molecule has 0 aromatic heterocycles. The lowest BCUT2D eigenvalue weighted by Crippen LogP contribution is -2.50. The van der Waals surface area contributed by atoms with Gasteiger partial charge in [0.1, 0.15) is 27.4 Å². The van der Waals surface area contributed by atoms with Crippen molar-refractivity contribution >= 4 is 47.0 Å². The monoisotopic (exact) mass is 625 g/mol. The minimum Gasteiger partial charge on any atom is -0.495 e. The molecule has 0 unspecified atom stereocenters. The molecule has 9 nitrogen and oxygen atoms in total. The molecule has 2 aromatic rings. The summed E-state index contributed by atoms with van der Waals surface area (Å²) < 4.78 is 10.9. The second kappa shape index (κ2) is 14.5. The highest BCUT2D eigenvalue weighted by atomic mass is 35.5. The third-order valence-corrected chi connectivity index (χ3v) is 8.40. The zero-order valence-corrected chi connectivity index (χ0v) is 26.2. The Labute approximate surface area is 262 Å². The zero-order chi connectivity index (χ0) is 31.1. The summed E-state index contributed by atoms with van der Waals surface area (Å²) >= 11 is 13.5. The molecule has 2 aromatic carbocycles. The highest BCUT2D eigenvalue weighted by molar-refractivity contribution is 6.42. The molecular weight excluding hydrogens is 589 g/mol. The SMILES string of the molecule is C=CC(=O)N[C@H]1CCCC[C@H]1NC(=C)/N=C\C1=C(C)N(Cc2ccccc2)C(=O)N(c2c(Cl)c(OC)cc(OC)c2Cl)C1. The molecule has 0 spiro atoms. The molecule has 11 heteroatoms. The Bertz CT molecular complexity index is 1410. The summed E-state index contributed by atoms with van der Waals surface area (Å²) in [4.78, 5) is 33.8. The molecule has 3 amide bonds. The fourth-order valence-corrected chi connectivity index (χ4v) is 6.02. The van der Waals surface area contributed by atoms with Crippen molar-refractivity contribution in [3.63, 3.8) is 0 Å². The first kappa shape index (κ1) is 32.0. The van der Waals surface area contributed by atoms with E-state index in [0.717, 1.165) is 42.5 Å². The first-order valence-electron chi connectivity index (χ1n) is 14.0. The highest BCUT2D eigenvalue weighted by Crippen LogP contribution is 2.47. The predicted octanol–water partition coefficient (Wildman–Crippen LogP) is 6.47. The van der Waals surface area contributed by atoms with Crippen molar-refractivity contribution in [2.45, 2.75) is 51.2 Å². The summed E-state index contributed by atoms with van der Waals surface area (Å²) in [6.07, 6.45) is 6.78. The molecule has 1 heterocycles. The lowest BCUT2D eigenvalue weighted by atomic mass is 9.90. The molecule has 1 fully saturated rings. The Balaban J connectivity index is 1.67. The number of carbonyl (C=O) groups is 2. The van der Waals surface area contributed by atoms with Crippen molar-refractivity contribution in [1.82, 2.24) is 15.5 Å². The van der Waals surface area contributed by atoms with Crippen molar-refractivity contribution in [3.05, 3.63) is 88.3 Å². The van der Waals surface area contributed by atoms with Gasteiger partial charge in [0.2, 0.25) is 5.91 Å². The lowest BCUT2D eigenvalue weighted by molar-refractivity contribution is -0.117. The number of halogens is 2. The molecule has 0 radical (unpaired) electrons. The van der Waals surface area contributed by atoms with Crippen LogP contribution in [0, 0.1) is 0 Å². The van der Waals surface area contributed by atoms with E-state index in [4.69, 9.17) is 32.7 Å². The van der Waals surface area contributed by atoms with Crippen LogP contribution in [-0.2, 0) is 11.3 Å². The Morgan fingerprint density at radius 2 is 1.67 bits per heavy atom. The molecule has 228 valence electrons. The summed E-state index contributed by atoms with van der Waals surface area (Å²) in [6, 6.07) is 10.9. The van der Waals surface area contributed by atoms with Gasteiger partial charge in [-0.25, -0.2) is 9.79 Å². The molecule has 1 saturated carbocycles. The number of allylic oxidation sites excluding steroid dienone is 1. The first-order valence-corrected chi connectivity index (χ1v) is 14.8. The van der Waals surface area contributed by atoms with Gasteiger partial charge in [-0.2, -0.15) is 0 Å². The number of carbonyl (C=O) groups excluding carboxylic acids is 2. The summed E-state index contributed by atoms with van der Waals surface area (Å²) in [5, 5.41) is 6.75. The average molecular weight is 627 g/mol. The minimum absolute atomic E-state index is 0.0155. The number of benzene rings is 2. The minimum atomic E-state index is -0.308. The summed E-state index contributed by atoms with van der Waals surface area (Å²) in [5.41, 5.74) is 2.72. The van der Waals surface area contributed by atoms with Gasteiger partial charge in [-0.15, -0.1) is 0 Å². The number of hydrogen-bond donors (Lipinski definition) is 2. The smallest absolute Gasteiger partial charge is 0.329 e. The van der Waals surface area contributed by atoms with Gasteiger partial charge in [-0.3, -0.25) is 14.6 Å². The predicted molar refractivity (Wildman–Crippen MR) is 172 cm³/mol. The van der Waals surface area contributed by atoms with E-state index in [9.17, 15) is 9.59 Å². The fraction of sp³-hybridized carbons (Fsp3) is 0.344. The summed E-state index contributed by atoms with van der Waals surface area (Å²) in [6.45, 7) is 10.0. The number of nitrogens with one attached hydrogen (secondary N) is 2. The third-order valence-electron chi connectivity index (χ3n) is 7.67. The van der Waals surface area contributed by atoms with Crippen LogP contribution in [0.15, 0.2) is 77.7 Å². The lowest BCUT2D eigenvalue weighted by Gasteiger charge is -2.38. The molecule has 0 bridgehead atoms. The van der Waals surface area contributed by atoms with Crippen LogP contribution in [-0.4, -0.2) is 55.9 Å². The molecule has 2 atom stereocenters. The van der Waals surface area contributed by atoms with Gasteiger partial charge in [0.25, 0.3) is 0 Å². The van der Waals surface area contributed by atoms with E-state index in [0.29, 0.717) is 23.9 Å². The van der Waals surface area contributed by atoms with Crippen molar-refractivity contribution < 1.29 is 19.1 Å². The Morgan fingerprint density at radius 1 is 1.07 bits per heavy atom. The molecule has 43 heavy (non-hydrogen) atoms.